The fraction of sp³-hybridized carbons (Fsp3) is 0.500. The number of alkyl halides is 3. The number of hydrogen-bond acceptors (Lipinski definition) is 3. The van der Waals surface area contributed by atoms with Crippen LogP contribution in [0.25, 0.3) is 0 Å². The van der Waals surface area contributed by atoms with Crippen molar-refractivity contribution in [2.24, 2.45) is 5.92 Å². The molecule has 3 rings (SSSR count). The lowest BCUT2D eigenvalue weighted by Gasteiger charge is -2.35. The summed E-state index contributed by atoms with van der Waals surface area (Å²) in [7, 11) is 0. The monoisotopic (exact) mass is 376 g/mol. The van der Waals surface area contributed by atoms with Gasteiger partial charge in [-0.2, -0.15) is 13.2 Å². The van der Waals surface area contributed by atoms with E-state index in [0.717, 1.165) is 0 Å². The lowest BCUT2D eigenvalue weighted by Crippen LogP contribution is -2.56. The fourth-order valence-corrected chi connectivity index (χ4v) is 3.37. The van der Waals surface area contributed by atoms with E-state index < -0.39 is 24.0 Å². The van der Waals surface area contributed by atoms with Gasteiger partial charge in [-0.3, -0.25) is 9.59 Å². The molecule has 0 saturated heterocycles. The van der Waals surface area contributed by atoms with Gasteiger partial charge in [0.05, 0.1) is 0 Å². The molecule has 9 heteroatoms. The van der Waals surface area contributed by atoms with E-state index in [1.807, 2.05) is 0 Å². The van der Waals surface area contributed by atoms with Gasteiger partial charge in [-0.15, -0.1) is 0 Å². The Balaban J connectivity index is 1.38. The minimum Gasteiger partial charge on any atom is -0.484 e. The maximum atomic E-state index is 12.2. The molecule has 0 heterocycles. The first-order chi connectivity index (χ1) is 11.7. The predicted molar refractivity (Wildman–Crippen MR) is 83.1 cm³/mol. The molecule has 0 aliphatic heterocycles. The van der Waals surface area contributed by atoms with Crippen molar-refractivity contribution >= 4 is 23.4 Å². The van der Waals surface area contributed by atoms with Crippen molar-refractivity contribution in [3.8, 4) is 5.75 Å². The van der Waals surface area contributed by atoms with Crippen LogP contribution < -0.4 is 15.4 Å². The van der Waals surface area contributed by atoms with Crippen LogP contribution in [0.4, 0.5) is 13.2 Å². The first kappa shape index (κ1) is 17.8. The summed E-state index contributed by atoms with van der Waals surface area (Å²) in [6.45, 7) is -0.168. The van der Waals surface area contributed by atoms with Gasteiger partial charge in [0, 0.05) is 22.5 Å². The molecule has 25 heavy (non-hydrogen) atoms. The van der Waals surface area contributed by atoms with Crippen molar-refractivity contribution in [3.63, 3.8) is 0 Å². The van der Waals surface area contributed by atoms with Crippen molar-refractivity contribution in [1.82, 2.24) is 10.6 Å². The molecule has 2 N–H and O–H groups in total. The molecule has 0 radical (unpaired) electrons. The van der Waals surface area contributed by atoms with Gasteiger partial charge in [-0.25, -0.2) is 0 Å². The first-order valence-electron chi connectivity index (χ1n) is 7.72. The van der Waals surface area contributed by atoms with Crippen LogP contribution in [0, 0.1) is 5.92 Å². The molecule has 2 amide bonds. The van der Waals surface area contributed by atoms with Gasteiger partial charge in [0.1, 0.15) is 12.2 Å². The molecule has 2 saturated carbocycles. The highest BCUT2D eigenvalue weighted by atomic mass is 35.5. The number of hydrogen-bond donors (Lipinski definition) is 2. The molecule has 0 aromatic heterocycles. The first-order valence-corrected chi connectivity index (χ1v) is 8.10. The second-order valence-electron chi connectivity index (χ2n) is 6.43. The van der Waals surface area contributed by atoms with Gasteiger partial charge >= 0.3 is 6.18 Å². The smallest absolute Gasteiger partial charge is 0.397 e. The Labute approximate surface area is 146 Å². The summed E-state index contributed by atoms with van der Waals surface area (Å²) in [6, 6.07) is 6.42. The van der Waals surface area contributed by atoms with Crippen molar-refractivity contribution < 1.29 is 27.5 Å². The van der Waals surface area contributed by atoms with Crippen LogP contribution >= 0.6 is 11.6 Å². The molecule has 0 bridgehead atoms. The van der Waals surface area contributed by atoms with Crippen LogP contribution in [0.15, 0.2) is 24.3 Å². The molecule has 3 unspecified atom stereocenters. The second-order valence-corrected chi connectivity index (χ2v) is 6.86. The van der Waals surface area contributed by atoms with E-state index in [0.29, 0.717) is 23.6 Å². The number of carbonyl (C=O) groups is 2. The number of fused-ring (bicyclic) bond motifs is 1. The number of halogens is 4. The molecule has 1 aromatic rings. The number of benzene rings is 1. The van der Waals surface area contributed by atoms with Gasteiger partial charge in [0.2, 0.25) is 5.91 Å². The molecular weight excluding hydrogens is 361 g/mol. The standard InChI is InChI=1S/C16H16ClF3N2O3/c17-9-1-3-10(4-2-9)25-8-14(24)21-12-6-15(5-11(12)15)22-13(23)7-16(18,19)20/h1-4,11-12H,5-8H2,(H,21,24)(H,22,23). The Morgan fingerprint density at radius 1 is 1.20 bits per heavy atom. The summed E-state index contributed by atoms with van der Waals surface area (Å²) in [6.07, 6.45) is -4.97. The molecule has 136 valence electrons. The number of carbonyl (C=O) groups excluding carboxylic acids is 2. The number of ether oxygens (including phenoxy) is 1. The van der Waals surface area contributed by atoms with Crippen LogP contribution in [0.3, 0.4) is 0 Å². The average molecular weight is 377 g/mol. The highest BCUT2D eigenvalue weighted by molar-refractivity contribution is 6.30. The molecule has 2 fully saturated rings. The molecule has 5 nitrogen and oxygen atoms in total. The van der Waals surface area contributed by atoms with Crippen molar-refractivity contribution in [3.05, 3.63) is 29.3 Å². The Bertz CT molecular complexity index is 680. The van der Waals surface area contributed by atoms with Crippen LogP contribution in [0.5, 0.6) is 5.75 Å². The van der Waals surface area contributed by atoms with Gasteiger partial charge in [-0.1, -0.05) is 11.6 Å². The molecule has 3 atom stereocenters. The second kappa shape index (κ2) is 6.40. The summed E-state index contributed by atoms with van der Waals surface area (Å²) < 4.78 is 41.8. The summed E-state index contributed by atoms with van der Waals surface area (Å²) in [5.41, 5.74) is -0.572. The van der Waals surface area contributed by atoms with Crippen LogP contribution in [-0.2, 0) is 9.59 Å². The summed E-state index contributed by atoms with van der Waals surface area (Å²) in [5, 5.41) is 5.77. The Hall–Kier alpha value is -1.96. The highest BCUT2D eigenvalue weighted by Gasteiger charge is 2.68. The highest BCUT2D eigenvalue weighted by Crippen LogP contribution is 2.59. The predicted octanol–water partition coefficient (Wildman–Crippen LogP) is 2.43. The molecular formula is C16H16ClF3N2O3. The quantitative estimate of drug-likeness (QED) is 0.801. The average Bonchev–Trinajstić information content (AvgIpc) is 3.07. The maximum Gasteiger partial charge on any atom is 0.397 e. The van der Waals surface area contributed by atoms with Crippen LogP contribution in [-0.4, -0.2) is 36.2 Å². The van der Waals surface area contributed by atoms with E-state index in [1.54, 1.807) is 24.3 Å². The third-order valence-electron chi connectivity index (χ3n) is 4.48. The SMILES string of the molecule is O=C(COc1ccc(Cl)cc1)NC1CC2(NC(=O)CC(F)(F)F)CC12. The number of rotatable bonds is 6. The minimum atomic E-state index is -4.51. The Kier molecular flexibility index (Phi) is 4.57. The van der Waals surface area contributed by atoms with Crippen LogP contribution in [0.1, 0.15) is 19.3 Å². The lowest BCUT2D eigenvalue weighted by atomic mass is 9.86. The Morgan fingerprint density at radius 3 is 2.48 bits per heavy atom. The molecule has 2 aliphatic carbocycles. The van der Waals surface area contributed by atoms with Crippen LogP contribution in [0.2, 0.25) is 5.02 Å². The van der Waals surface area contributed by atoms with E-state index in [2.05, 4.69) is 10.6 Å². The van der Waals surface area contributed by atoms with Gasteiger partial charge in [0.15, 0.2) is 6.61 Å². The summed E-state index contributed by atoms with van der Waals surface area (Å²) in [4.78, 5) is 23.2. The van der Waals surface area contributed by atoms with Crippen molar-refractivity contribution in [2.45, 2.75) is 37.0 Å². The summed E-state index contributed by atoms with van der Waals surface area (Å²) >= 11 is 5.75. The van der Waals surface area contributed by atoms with E-state index in [1.165, 1.54) is 0 Å². The van der Waals surface area contributed by atoms with Gasteiger partial charge in [0.25, 0.3) is 5.91 Å². The Morgan fingerprint density at radius 2 is 1.88 bits per heavy atom. The zero-order valence-corrected chi connectivity index (χ0v) is 13.8. The molecule has 1 aromatic carbocycles. The topological polar surface area (TPSA) is 67.4 Å². The van der Waals surface area contributed by atoms with Gasteiger partial charge < -0.3 is 15.4 Å². The van der Waals surface area contributed by atoms with Crippen molar-refractivity contribution in [1.29, 1.82) is 0 Å². The molecule has 2 aliphatic rings. The number of amides is 2. The maximum absolute atomic E-state index is 12.2. The largest absolute Gasteiger partial charge is 0.484 e. The fourth-order valence-electron chi connectivity index (χ4n) is 3.25. The van der Waals surface area contributed by atoms with E-state index in [9.17, 15) is 22.8 Å². The number of nitrogens with one attached hydrogen (secondary N) is 2. The normalized spacial score (nSPS) is 26.9. The zero-order valence-electron chi connectivity index (χ0n) is 13.0. The molecule has 0 spiro atoms. The van der Waals surface area contributed by atoms with E-state index >= 15 is 0 Å². The summed E-state index contributed by atoms with van der Waals surface area (Å²) in [5.74, 6) is -0.842. The lowest BCUT2D eigenvalue weighted by molar-refractivity contribution is -0.154. The van der Waals surface area contributed by atoms with Crippen molar-refractivity contribution in [2.75, 3.05) is 6.61 Å². The minimum absolute atomic E-state index is 0.0100. The van der Waals surface area contributed by atoms with E-state index in [4.69, 9.17) is 16.3 Å². The third-order valence-corrected chi connectivity index (χ3v) is 4.73. The third kappa shape index (κ3) is 4.36. The van der Waals surface area contributed by atoms with Gasteiger partial charge in [-0.05, 0) is 37.1 Å². The van der Waals surface area contributed by atoms with E-state index in [-0.39, 0.29) is 24.5 Å². The zero-order chi connectivity index (χ0) is 18.2.